The quantitative estimate of drug-likeness (QED) is 0.652. The van der Waals surface area contributed by atoms with Gasteiger partial charge in [0.1, 0.15) is 6.10 Å². The zero-order valence-electron chi connectivity index (χ0n) is 10.6. The van der Waals surface area contributed by atoms with Gasteiger partial charge in [0, 0.05) is 24.5 Å². The van der Waals surface area contributed by atoms with Gasteiger partial charge in [0.05, 0.1) is 0 Å². The van der Waals surface area contributed by atoms with E-state index in [2.05, 4.69) is 47.3 Å². The first-order chi connectivity index (χ1) is 9.08. The SMILES string of the molecule is Cc1cc(C(O)c2csc3c(Br)cccc23)sc1C. The van der Waals surface area contributed by atoms with E-state index in [1.54, 1.807) is 22.7 Å². The van der Waals surface area contributed by atoms with Crippen LogP contribution in [0.2, 0.25) is 0 Å². The van der Waals surface area contributed by atoms with Crippen molar-refractivity contribution in [1.82, 2.24) is 0 Å². The van der Waals surface area contributed by atoms with Crippen LogP contribution in [0.4, 0.5) is 0 Å². The summed E-state index contributed by atoms with van der Waals surface area (Å²) in [6, 6.07) is 8.21. The van der Waals surface area contributed by atoms with Crippen molar-refractivity contribution in [2.24, 2.45) is 0 Å². The largest absolute Gasteiger partial charge is 0.383 e. The predicted octanol–water partition coefficient (Wildman–Crippen LogP) is 5.42. The zero-order valence-corrected chi connectivity index (χ0v) is 13.8. The average molecular weight is 353 g/mol. The lowest BCUT2D eigenvalue weighted by atomic mass is 10.1. The highest BCUT2D eigenvalue weighted by Crippen LogP contribution is 2.39. The van der Waals surface area contributed by atoms with Crippen molar-refractivity contribution >= 4 is 48.7 Å². The molecule has 1 unspecified atom stereocenters. The molecule has 0 radical (unpaired) electrons. The van der Waals surface area contributed by atoms with E-state index in [0.717, 1.165) is 20.3 Å². The van der Waals surface area contributed by atoms with Gasteiger partial charge in [-0.25, -0.2) is 0 Å². The molecule has 0 bridgehead atoms. The maximum absolute atomic E-state index is 10.6. The number of hydrogen-bond acceptors (Lipinski definition) is 3. The monoisotopic (exact) mass is 352 g/mol. The molecular formula is C15H13BrOS2. The minimum atomic E-state index is -0.527. The van der Waals surface area contributed by atoms with Gasteiger partial charge in [-0.3, -0.25) is 0 Å². The normalized spacial score (nSPS) is 13.1. The van der Waals surface area contributed by atoms with E-state index in [1.165, 1.54) is 15.1 Å². The number of benzene rings is 1. The maximum atomic E-state index is 10.6. The van der Waals surface area contributed by atoms with Gasteiger partial charge >= 0.3 is 0 Å². The van der Waals surface area contributed by atoms with Gasteiger partial charge < -0.3 is 5.11 Å². The number of aliphatic hydroxyl groups excluding tert-OH is 1. The van der Waals surface area contributed by atoms with Gasteiger partial charge in [0.15, 0.2) is 0 Å². The Morgan fingerprint density at radius 1 is 1.26 bits per heavy atom. The molecule has 0 aliphatic heterocycles. The molecule has 0 saturated heterocycles. The Hall–Kier alpha value is -0.680. The summed E-state index contributed by atoms with van der Waals surface area (Å²) in [6.45, 7) is 4.18. The van der Waals surface area contributed by atoms with Crippen molar-refractivity contribution < 1.29 is 5.11 Å². The molecule has 1 aromatic carbocycles. The first-order valence-electron chi connectivity index (χ1n) is 5.98. The average Bonchev–Trinajstić information content (AvgIpc) is 2.94. The minimum Gasteiger partial charge on any atom is -0.383 e. The molecule has 0 amide bonds. The summed E-state index contributed by atoms with van der Waals surface area (Å²) in [6.07, 6.45) is -0.527. The lowest BCUT2D eigenvalue weighted by Crippen LogP contribution is -1.95. The van der Waals surface area contributed by atoms with Crippen LogP contribution in [-0.4, -0.2) is 5.11 Å². The molecule has 98 valence electrons. The van der Waals surface area contributed by atoms with Crippen molar-refractivity contribution in [3.63, 3.8) is 0 Å². The number of aliphatic hydroxyl groups is 1. The molecule has 0 saturated carbocycles. The highest BCUT2D eigenvalue weighted by molar-refractivity contribution is 9.10. The van der Waals surface area contributed by atoms with Gasteiger partial charge in [0.2, 0.25) is 0 Å². The smallest absolute Gasteiger partial charge is 0.115 e. The fourth-order valence-electron chi connectivity index (χ4n) is 2.14. The highest BCUT2D eigenvalue weighted by atomic mass is 79.9. The molecule has 2 aromatic heterocycles. The van der Waals surface area contributed by atoms with E-state index in [9.17, 15) is 5.11 Å². The van der Waals surface area contributed by atoms with E-state index < -0.39 is 6.10 Å². The molecule has 1 nitrogen and oxygen atoms in total. The van der Waals surface area contributed by atoms with Crippen LogP contribution in [-0.2, 0) is 0 Å². The molecule has 19 heavy (non-hydrogen) atoms. The second-order valence-corrected chi connectivity index (χ2v) is 7.62. The summed E-state index contributed by atoms with van der Waals surface area (Å²) in [4.78, 5) is 2.30. The number of hydrogen-bond donors (Lipinski definition) is 1. The third kappa shape index (κ3) is 2.27. The number of rotatable bonds is 2. The number of fused-ring (bicyclic) bond motifs is 1. The first-order valence-corrected chi connectivity index (χ1v) is 8.47. The lowest BCUT2D eigenvalue weighted by Gasteiger charge is -2.07. The summed E-state index contributed by atoms with van der Waals surface area (Å²) < 4.78 is 2.29. The fraction of sp³-hybridized carbons (Fsp3) is 0.200. The van der Waals surface area contributed by atoms with Crippen molar-refractivity contribution in [3.05, 3.63) is 55.0 Å². The second kappa shape index (κ2) is 5.02. The first kappa shape index (κ1) is 13.3. The Morgan fingerprint density at radius 3 is 2.74 bits per heavy atom. The van der Waals surface area contributed by atoms with Gasteiger partial charge in [-0.15, -0.1) is 22.7 Å². The van der Waals surface area contributed by atoms with Crippen LogP contribution in [0.1, 0.15) is 27.0 Å². The number of halogens is 1. The highest BCUT2D eigenvalue weighted by Gasteiger charge is 2.18. The molecule has 1 N–H and O–H groups in total. The molecule has 0 aliphatic carbocycles. The Balaban J connectivity index is 2.11. The third-order valence-corrected chi connectivity index (χ3v) is 6.51. The molecule has 0 fully saturated rings. The van der Waals surface area contributed by atoms with E-state index in [-0.39, 0.29) is 0 Å². The molecular weight excluding hydrogens is 340 g/mol. The van der Waals surface area contributed by atoms with Gasteiger partial charge in [-0.1, -0.05) is 12.1 Å². The van der Waals surface area contributed by atoms with Crippen LogP contribution >= 0.6 is 38.6 Å². The predicted molar refractivity (Wildman–Crippen MR) is 87.4 cm³/mol. The summed E-state index contributed by atoms with van der Waals surface area (Å²) in [7, 11) is 0. The molecule has 1 atom stereocenters. The van der Waals surface area contributed by atoms with Crippen LogP contribution in [0.25, 0.3) is 10.1 Å². The van der Waals surface area contributed by atoms with Crippen LogP contribution in [0.3, 0.4) is 0 Å². The summed E-state index contributed by atoms with van der Waals surface area (Å²) in [5, 5.41) is 13.8. The van der Waals surface area contributed by atoms with Crippen LogP contribution < -0.4 is 0 Å². The van der Waals surface area contributed by atoms with Crippen molar-refractivity contribution in [2.45, 2.75) is 20.0 Å². The Bertz CT molecular complexity index is 722. The van der Waals surface area contributed by atoms with Gasteiger partial charge in [0.25, 0.3) is 0 Å². The summed E-state index contributed by atoms with van der Waals surface area (Å²) in [5.74, 6) is 0. The fourth-order valence-corrected chi connectivity index (χ4v) is 4.83. The van der Waals surface area contributed by atoms with Gasteiger partial charge in [-0.05, 0) is 58.2 Å². The van der Waals surface area contributed by atoms with E-state index >= 15 is 0 Å². The maximum Gasteiger partial charge on any atom is 0.115 e. The molecule has 3 aromatic rings. The van der Waals surface area contributed by atoms with E-state index in [1.807, 2.05) is 12.1 Å². The third-order valence-electron chi connectivity index (χ3n) is 3.33. The lowest BCUT2D eigenvalue weighted by molar-refractivity contribution is 0.226. The molecule has 3 rings (SSSR count). The molecule has 0 spiro atoms. The van der Waals surface area contributed by atoms with Crippen LogP contribution in [0.5, 0.6) is 0 Å². The van der Waals surface area contributed by atoms with Crippen molar-refractivity contribution in [1.29, 1.82) is 0 Å². The van der Waals surface area contributed by atoms with E-state index in [4.69, 9.17) is 0 Å². The molecule has 0 aliphatic rings. The van der Waals surface area contributed by atoms with E-state index in [0.29, 0.717) is 0 Å². The Kier molecular flexibility index (Phi) is 3.52. The standard InChI is InChI=1S/C15H13BrOS2/c1-8-6-13(19-9(8)2)14(17)11-7-18-15-10(11)4-3-5-12(15)16/h3-7,14,17H,1-2H3. The summed E-state index contributed by atoms with van der Waals surface area (Å²) >= 11 is 6.91. The zero-order chi connectivity index (χ0) is 13.6. The Labute approximate surface area is 128 Å². The van der Waals surface area contributed by atoms with Crippen LogP contribution in [0, 0.1) is 13.8 Å². The van der Waals surface area contributed by atoms with Crippen molar-refractivity contribution in [3.8, 4) is 0 Å². The number of aryl methyl sites for hydroxylation is 2. The topological polar surface area (TPSA) is 20.2 Å². The molecule has 4 heteroatoms. The molecule has 2 heterocycles. The second-order valence-electron chi connectivity index (χ2n) is 4.60. The van der Waals surface area contributed by atoms with Gasteiger partial charge in [-0.2, -0.15) is 0 Å². The number of thiophene rings is 2. The minimum absolute atomic E-state index is 0.527. The Morgan fingerprint density at radius 2 is 2.05 bits per heavy atom. The van der Waals surface area contributed by atoms with Crippen LogP contribution in [0.15, 0.2) is 34.1 Å². The van der Waals surface area contributed by atoms with Crippen molar-refractivity contribution in [2.75, 3.05) is 0 Å². The summed E-state index contributed by atoms with van der Waals surface area (Å²) in [5.41, 5.74) is 2.25.